The van der Waals surface area contributed by atoms with Gasteiger partial charge in [0.05, 0.1) is 68.5 Å². The highest BCUT2D eigenvalue weighted by atomic mass is 16.3. The fourth-order valence-corrected chi connectivity index (χ4v) is 16.1. The topological polar surface area (TPSA) is 26.3 Å². The molecule has 2 aromatic heterocycles. The van der Waals surface area contributed by atoms with Crippen LogP contribution in [0.2, 0.25) is 0 Å². The molecule has 0 saturated heterocycles. The lowest BCUT2D eigenvalue weighted by molar-refractivity contribution is 0.668. The number of para-hydroxylation sites is 2. The standard InChI is InChI=1S/2C56H32O/c2*1-2-8-33(9-3-1)54-47(40-24-29-51-48(30-40)44-14-4-5-15-50(44)57-51)31-41(42-25-20-38-18-16-34-10-6-12-36-22-27-45(42)55(38)52(34)36)32-49(54)43-26-21-39-19-17-35-11-7-13-37-23-28-46(43)56(39)53(35)37/h2*1-32H/i1D,2D,3D,4D,5D,6D,7D,8D,9D,10D,11D,12D,13D,14D,15D,16D,17D,18D,19D,20D,21D,22D,23D,24D,25D,26D,27D,28D,29D,30D,31D,32D;6D,7D,10D,11D,12D,13D,16D,17D,18D,19D,20D,21D,22D,23D,25D,26D,27D,28D. The van der Waals surface area contributed by atoms with E-state index in [0.717, 1.165) is 5.39 Å². The molecular weight excluding hydrogens is 1380 g/mol. The predicted octanol–water partition coefficient (Wildman–Crippen LogP) is 32.1. The summed E-state index contributed by atoms with van der Waals surface area (Å²) in [7, 11) is 0. The summed E-state index contributed by atoms with van der Waals surface area (Å²) < 4.78 is 479. The van der Waals surface area contributed by atoms with Crippen molar-refractivity contribution in [3.63, 3.8) is 0 Å². The molecule has 2 nitrogen and oxygen atoms in total. The van der Waals surface area contributed by atoms with Crippen molar-refractivity contribution >= 4 is 173 Å². The van der Waals surface area contributed by atoms with Gasteiger partial charge in [-0.1, -0.05) is 327 Å². The third-order valence-corrected chi connectivity index (χ3v) is 21.1. The van der Waals surface area contributed by atoms with Crippen LogP contribution in [0.4, 0.5) is 0 Å². The molecule has 0 N–H and O–H groups in total. The Kier molecular flexibility index (Phi) is 6.77. The van der Waals surface area contributed by atoms with E-state index in [1.165, 1.54) is 0 Å². The molecule has 0 fully saturated rings. The minimum atomic E-state index is -1.26. The van der Waals surface area contributed by atoms with Gasteiger partial charge in [0.15, 0.2) is 0 Å². The second kappa shape index (κ2) is 24.3. The first-order valence-electron chi connectivity index (χ1n) is 60.4. The summed E-state index contributed by atoms with van der Waals surface area (Å²) in [4.78, 5) is 0. The summed E-state index contributed by atoms with van der Waals surface area (Å²) in [6, 6.07) is -16.1. The van der Waals surface area contributed by atoms with Gasteiger partial charge in [0, 0.05) is 21.5 Å². The molecule has 0 aliphatic rings. The molecule has 26 rings (SSSR count). The highest BCUT2D eigenvalue weighted by Gasteiger charge is 2.26. The first kappa shape index (κ1) is 31.8. The molecule has 24 aromatic carbocycles. The largest absolute Gasteiger partial charge is 0.456 e. The molecule has 26 aromatic rings. The van der Waals surface area contributed by atoms with Crippen molar-refractivity contribution in [2.75, 3.05) is 0 Å². The van der Waals surface area contributed by atoms with Gasteiger partial charge >= 0.3 is 0 Å². The van der Waals surface area contributed by atoms with Crippen molar-refractivity contribution < 1.29 is 77.4 Å². The molecule has 0 unspecified atom stereocenters. The number of hydrogen-bond donors (Lipinski definition) is 0. The molecule has 0 bridgehead atoms. The Morgan fingerprint density at radius 3 is 1.14 bits per heavy atom. The molecule has 2 heterocycles. The molecule has 0 atom stereocenters. The van der Waals surface area contributed by atoms with Gasteiger partial charge in [0.25, 0.3) is 0 Å². The SMILES string of the molecule is [2H]c1c([2H])c([2H])c(-c2c(-c3c([2H])c([2H])c4oc5c([2H])c([2H])c([2H])c([2H])c5c4c3[2H])c([2H])c(-c3c([2H])c([2H])c4c([2H])c([2H])c5c([2H])c([2H])c([2H])c6c([2H])c([2H])c3c4c56)c([2H])c2-c2c([2H])c([2H])c3c([2H])c([2H])c4c([2H])c([2H])c([2H])c5c([2H])c([2H])c2c3c45)c([2H])c1[2H].[2H]c1c([2H])c2c([2H])c([2H])c3c([2H])c([2H])c(-c4cc(-c5ccc6oc7ccccc7c6c5)c(-c5ccccc5)c(-c5c([2H])c([2H])c6c([2H])c([2H])c7c([2H])c([2H])c([2H])c8c([2H])c([2H])c5c6c78)c4)c4c([2H])c([2H])c(c1[2H])c2c34. The summed E-state index contributed by atoms with van der Waals surface area (Å²) in [5.41, 5.74) is -6.44. The van der Waals surface area contributed by atoms with Gasteiger partial charge in [-0.2, -0.15) is 0 Å². The molecule has 0 amide bonds. The van der Waals surface area contributed by atoms with Gasteiger partial charge in [-0.15, -0.1) is 0 Å². The van der Waals surface area contributed by atoms with Crippen LogP contribution in [0, 0.1) is 0 Å². The van der Waals surface area contributed by atoms with E-state index in [2.05, 4.69) is 0 Å². The third-order valence-electron chi connectivity index (χ3n) is 21.1. The Bertz CT molecular complexity index is 11600. The van der Waals surface area contributed by atoms with E-state index in [-0.39, 0.29) is 86.9 Å². The van der Waals surface area contributed by atoms with E-state index >= 15 is 0 Å². The predicted molar refractivity (Wildman–Crippen MR) is 486 cm³/mol. The number of rotatable bonds is 8. The van der Waals surface area contributed by atoms with Crippen LogP contribution in [-0.2, 0) is 0 Å². The Hall–Kier alpha value is -15.0. The number of hydrogen-bond acceptors (Lipinski definition) is 2. The zero-order valence-electron chi connectivity index (χ0n) is 108. The van der Waals surface area contributed by atoms with E-state index in [4.69, 9.17) is 40.4 Å². The van der Waals surface area contributed by atoms with Crippen molar-refractivity contribution in [3.05, 3.63) is 387 Å². The summed E-state index contributed by atoms with van der Waals surface area (Å²) in [5.74, 6) is 0. The lowest BCUT2D eigenvalue weighted by Crippen LogP contribution is -1.95. The summed E-state index contributed by atoms with van der Waals surface area (Å²) in [6.45, 7) is 0. The van der Waals surface area contributed by atoms with E-state index < -0.39 is 433 Å². The van der Waals surface area contributed by atoms with E-state index in [9.17, 15) is 37.0 Å². The number of furan rings is 2. The van der Waals surface area contributed by atoms with Crippen LogP contribution in [0.25, 0.3) is 262 Å². The monoisotopic (exact) mass is 1490 g/mol. The highest BCUT2D eigenvalue weighted by Crippen LogP contribution is 2.53. The van der Waals surface area contributed by atoms with Gasteiger partial charge in [-0.3, -0.25) is 0 Å². The quantitative estimate of drug-likeness (QED) is 0.142. The Morgan fingerprint density at radius 1 is 0.167 bits per heavy atom. The summed E-state index contributed by atoms with van der Waals surface area (Å²) in [6.07, 6.45) is 0. The van der Waals surface area contributed by atoms with E-state index in [1.807, 2.05) is 42.5 Å². The van der Waals surface area contributed by atoms with Crippen LogP contribution in [0.5, 0.6) is 0 Å². The maximum Gasteiger partial charge on any atom is 0.135 e. The van der Waals surface area contributed by atoms with Crippen molar-refractivity contribution in [2.45, 2.75) is 0 Å². The van der Waals surface area contributed by atoms with Gasteiger partial charge < -0.3 is 8.83 Å². The molecule has 524 valence electrons. The second-order valence-corrected chi connectivity index (χ2v) is 27.1. The maximum atomic E-state index is 10.7. The van der Waals surface area contributed by atoms with Gasteiger partial charge in [0.2, 0.25) is 0 Å². The van der Waals surface area contributed by atoms with Crippen LogP contribution < -0.4 is 0 Å². The molecule has 0 saturated carbocycles. The van der Waals surface area contributed by atoms with Crippen LogP contribution in [-0.4, -0.2) is 0 Å². The lowest BCUT2D eigenvalue weighted by atomic mass is 9.81. The smallest absolute Gasteiger partial charge is 0.135 e. The summed E-state index contributed by atoms with van der Waals surface area (Å²) in [5, 5.41) is -8.36. The van der Waals surface area contributed by atoms with Crippen molar-refractivity contribution in [1.29, 1.82) is 0 Å². The highest BCUT2D eigenvalue weighted by molar-refractivity contribution is 6.31. The molecule has 0 aliphatic carbocycles. The van der Waals surface area contributed by atoms with Crippen molar-refractivity contribution in [2.24, 2.45) is 0 Å². The van der Waals surface area contributed by atoms with Gasteiger partial charge in [-0.05, 0) is 279 Å². The molecule has 0 spiro atoms. The van der Waals surface area contributed by atoms with Crippen molar-refractivity contribution in [1.82, 2.24) is 0 Å². The first-order chi connectivity index (χ1) is 77.4. The maximum absolute atomic E-state index is 10.7. The average molecular weight is 1490 g/mol. The van der Waals surface area contributed by atoms with Crippen LogP contribution >= 0.6 is 0 Å². The Morgan fingerprint density at radius 2 is 0.579 bits per heavy atom. The van der Waals surface area contributed by atoms with Gasteiger partial charge in [0.1, 0.15) is 22.3 Å². The fraction of sp³-hybridized carbons (Fsp3) is 0. The zero-order valence-corrected chi connectivity index (χ0v) is 57.9. The summed E-state index contributed by atoms with van der Waals surface area (Å²) >= 11 is 0. The average Bonchev–Trinajstić information content (AvgIpc) is 0.707. The normalized spacial score (nSPS) is 18.4. The van der Waals surface area contributed by atoms with Crippen LogP contribution in [0.15, 0.2) is 396 Å². The number of fused-ring (bicyclic) bond motifs is 6. The minimum Gasteiger partial charge on any atom is -0.456 e. The first-order valence-corrected chi connectivity index (χ1v) is 35.4. The fourth-order valence-electron chi connectivity index (χ4n) is 16.1. The number of benzene rings is 24. The molecular formula is C112H64O2. The minimum absolute atomic E-state index is 0.0356. The zero-order chi connectivity index (χ0) is 118. The van der Waals surface area contributed by atoms with Crippen molar-refractivity contribution in [3.8, 4) is 89.0 Å². The Balaban J connectivity index is 0.000000168. The second-order valence-electron chi connectivity index (χ2n) is 27.1. The van der Waals surface area contributed by atoms with Crippen LogP contribution in [0.1, 0.15) is 68.5 Å². The molecule has 0 aliphatic heterocycles. The Labute approximate surface area is 725 Å². The molecule has 0 radical (unpaired) electrons. The van der Waals surface area contributed by atoms with Crippen LogP contribution in [0.3, 0.4) is 0 Å². The van der Waals surface area contributed by atoms with Gasteiger partial charge in [-0.25, -0.2) is 0 Å². The lowest BCUT2D eigenvalue weighted by Gasteiger charge is -2.22. The molecule has 2 heteroatoms. The molecule has 114 heavy (non-hydrogen) atoms. The van der Waals surface area contributed by atoms with E-state index in [1.54, 1.807) is 42.5 Å². The van der Waals surface area contributed by atoms with E-state index in [0.29, 0.717) is 38.8 Å². The third kappa shape index (κ3) is 9.37.